The summed E-state index contributed by atoms with van der Waals surface area (Å²) in [6.45, 7) is 1.75. The number of hydrogen-bond acceptors (Lipinski definition) is 3. The Morgan fingerprint density at radius 1 is 1.71 bits per heavy atom. The summed E-state index contributed by atoms with van der Waals surface area (Å²) in [4.78, 5) is 11.5. The number of rotatable bonds is 3. The van der Waals surface area contributed by atoms with Gasteiger partial charge in [0, 0.05) is 18.8 Å². The predicted octanol–water partition coefficient (Wildman–Crippen LogP) is -0.109. The molecule has 2 heterocycles. The Bertz CT molecular complexity index is 290. The molecule has 1 saturated heterocycles. The summed E-state index contributed by atoms with van der Waals surface area (Å²) >= 11 is 0. The molecule has 3 N–H and O–H groups in total. The van der Waals surface area contributed by atoms with Crippen LogP contribution < -0.4 is 10.6 Å². The van der Waals surface area contributed by atoms with Crippen molar-refractivity contribution >= 4 is 5.91 Å². The van der Waals surface area contributed by atoms with E-state index in [0.717, 1.165) is 13.0 Å². The Balaban J connectivity index is 1.78. The monoisotopic (exact) mass is 194 g/mol. The van der Waals surface area contributed by atoms with Crippen molar-refractivity contribution in [3.63, 3.8) is 0 Å². The Morgan fingerprint density at radius 2 is 2.64 bits per heavy atom. The summed E-state index contributed by atoms with van der Waals surface area (Å²) in [7, 11) is 0. The number of amides is 1. The molecule has 1 aliphatic heterocycles. The van der Waals surface area contributed by atoms with Gasteiger partial charge in [-0.15, -0.1) is 0 Å². The summed E-state index contributed by atoms with van der Waals surface area (Å²) < 4.78 is 0. The van der Waals surface area contributed by atoms with Crippen LogP contribution in [-0.2, 0) is 0 Å². The second-order valence-corrected chi connectivity index (χ2v) is 3.47. The fraction of sp³-hybridized carbons (Fsp3) is 0.556. The lowest BCUT2D eigenvalue weighted by molar-refractivity contribution is 0.0945. The lowest BCUT2D eigenvalue weighted by atomic mass is 10.2. The maximum atomic E-state index is 11.5. The minimum Gasteiger partial charge on any atom is -0.349 e. The number of nitrogens with zero attached hydrogens (tertiary/aromatic N) is 1. The van der Waals surface area contributed by atoms with Crippen LogP contribution in [0.5, 0.6) is 0 Å². The van der Waals surface area contributed by atoms with Crippen LogP contribution >= 0.6 is 0 Å². The van der Waals surface area contributed by atoms with Crippen molar-refractivity contribution in [1.82, 2.24) is 20.8 Å². The van der Waals surface area contributed by atoms with Gasteiger partial charge in [0.1, 0.15) is 5.69 Å². The van der Waals surface area contributed by atoms with E-state index in [1.807, 2.05) is 0 Å². The molecule has 1 fully saturated rings. The molecule has 1 atom stereocenters. The molecular formula is C9H14N4O. The van der Waals surface area contributed by atoms with Crippen molar-refractivity contribution in [2.75, 3.05) is 13.1 Å². The van der Waals surface area contributed by atoms with E-state index in [-0.39, 0.29) is 5.91 Å². The van der Waals surface area contributed by atoms with Gasteiger partial charge in [-0.2, -0.15) is 5.10 Å². The first-order chi connectivity index (χ1) is 6.86. The second-order valence-electron chi connectivity index (χ2n) is 3.47. The van der Waals surface area contributed by atoms with Crippen molar-refractivity contribution in [2.45, 2.75) is 18.9 Å². The molecule has 0 aromatic carbocycles. The van der Waals surface area contributed by atoms with Gasteiger partial charge in [0.25, 0.3) is 5.91 Å². The van der Waals surface area contributed by atoms with Crippen LogP contribution in [0, 0.1) is 0 Å². The molecule has 5 heteroatoms. The molecular weight excluding hydrogens is 180 g/mol. The minimum atomic E-state index is -0.0869. The number of aromatic nitrogens is 2. The predicted molar refractivity (Wildman–Crippen MR) is 51.9 cm³/mol. The van der Waals surface area contributed by atoms with Gasteiger partial charge < -0.3 is 10.6 Å². The van der Waals surface area contributed by atoms with E-state index in [1.54, 1.807) is 12.3 Å². The third-order valence-corrected chi connectivity index (χ3v) is 2.42. The first kappa shape index (κ1) is 9.21. The van der Waals surface area contributed by atoms with Gasteiger partial charge in [0.15, 0.2) is 0 Å². The van der Waals surface area contributed by atoms with Crippen molar-refractivity contribution in [1.29, 1.82) is 0 Å². The topological polar surface area (TPSA) is 69.8 Å². The molecule has 1 aromatic heterocycles. The minimum absolute atomic E-state index is 0.0869. The van der Waals surface area contributed by atoms with Gasteiger partial charge in [0.2, 0.25) is 0 Å². The SMILES string of the molecule is O=C(NCC1CCCN1)c1ccn[nH]1. The Labute approximate surface area is 82.3 Å². The summed E-state index contributed by atoms with van der Waals surface area (Å²) in [5.74, 6) is -0.0869. The molecule has 5 nitrogen and oxygen atoms in total. The van der Waals surface area contributed by atoms with E-state index in [9.17, 15) is 4.79 Å². The van der Waals surface area contributed by atoms with E-state index in [4.69, 9.17) is 0 Å². The van der Waals surface area contributed by atoms with Crippen LogP contribution in [-0.4, -0.2) is 35.2 Å². The first-order valence-corrected chi connectivity index (χ1v) is 4.87. The molecule has 0 aliphatic carbocycles. The van der Waals surface area contributed by atoms with Gasteiger partial charge in [-0.05, 0) is 25.5 Å². The maximum absolute atomic E-state index is 11.5. The largest absolute Gasteiger partial charge is 0.349 e. The summed E-state index contributed by atoms with van der Waals surface area (Å²) in [5, 5.41) is 12.5. The highest BCUT2D eigenvalue weighted by Gasteiger charge is 2.15. The van der Waals surface area contributed by atoms with Crippen LogP contribution in [0.25, 0.3) is 0 Å². The number of hydrogen-bond donors (Lipinski definition) is 3. The smallest absolute Gasteiger partial charge is 0.269 e. The summed E-state index contributed by atoms with van der Waals surface area (Å²) in [6, 6.07) is 2.10. The first-order valence-electron chi connectivity index (χ1n) is 4.87. The number of H-pyrrole nitrogens is 1. The van der Waals surface area contributed by atoms with Crippen molar-refractivity contribution in [3.05, 3.63) is 18.0 Å². The number of carbonyl (C=O) groups is 1. The molecule has 0 saturated carbocycles. The number of carbonyl (C=O) groups excluding carboxylic acids is 1. The maximum Gasteiger partial charge on any atom is 0.269 e. The molecule has 1 aliphatic rings. The Kier molecular flexibility index (Phi) is 2.78. The Hall–Kier alpha value is -1.36. The lowest BCUT2D eigenvalue weighted by Gasteiger charge is -2.10. The van der Waals surface area contributed by atoms with Gasteiger partial charge in [-0.3, -0.25) is 9.89 Å². The fourth-order valence-electron chi connectivity index (χ4n) is 1.62. The molecule has 0 radical (unpaired) electrons. The summed E-state index contributed by atoms with van der Waals surface area (Å²) in [6.07, 6.45) is 3.91. The zero-order valence-corrected chi connectivity index (χ0v) is 7.92. The highest BCUT2D eigenvalue weighted by molar-refractivity contribution is 5.92. The molecule has 0 spiro atoms. The average Bonchev–Trinajstić information content (AvgIpc) is 2.87. The van der Waals surface area contributed by atoms with E-state index in [0.29, 0.717) is 18.3 Å². The van der Waals surface area contributed by atoms with Gasteiger partial charge in [-0.1, -0.05) is 0 Å². The van der Waals surface area contributed by atoms with E-state index >= 15 is 0 Å². The van der Waals surface area contributed by atoms with E-state index in [1.165, 1.54) is 6.42 Å². The Morgan fingerprint density at radius 3 is 3.29 bits per heavy atom. The number of nitrogens with one attached hydrogen (secondary N) is 3. The van der Waals surface area contributed by atoms with Gasteiger partial charge in [0.05, 0.1) is 0 Å². The lowest BCUT2D eigenvalue weighted by Crippen LogP contribution is -2.37. The number of aromatic amines is 1. The molecule has 2 rings (SSSR count). The zero-order valence-electron chi connectivity index (χ0n) is 7.92. The quantitative estimate of drug-likeness (QED) is 0.629. The van der Waals surface area contributed by atoms with E-state index in [2.05, 4.69) is 20.8 Å². The summed E-state index contributed by atoms with van der Waals surface area (Å²) in [5.41, 5.74) is 0.517. The third kappa shape index (κ3) is 2.11. The van der Waals surface area contributed by atoms with Crippen molar-refractivity contribution in [3.8, 4) is 0 Å². The normalized spacial score (nSPS) is 21.0. The average molecular weight is 194 g/mol. The highest BCUT2D eigenvalue weighted by atomic mass is 16.1. The zero-order chi connectivity index (χ0) is 9.80. The molecule has 76 valence electrons. The standard InChI is InChI=1S/C9H14N4O/c14-9(8-3-5-12-13-8)11-6-7-2-1-4-10-7/h3,5,7,10H,1-2,4,6H2,(H,11,14)(H,12,13). The fourth-order valence-corrected chi connectivity index (χ4v) is 1.62. The molecule has 1 aromatic rings. The van der Waals surface area contributed by atoms with Gasteiger partial charge >= 0.3 is 0 Å². The second kappa shape index (κ2) is 4.23. The van der Waals surface area contributed by atoms with Crippen LogP contribution in [0.4, 0.5) is 0 Å². The molecule has 1 unspecified atom stereocenters. The molecule has 0 bridgehead atoms. The van der Waals surface area contributed by atoms with Crippen LogP contribution in [0.1, 0.15) is 23.3 Å². The van der Waals surface area contributed by atoms with Crippen molar-refractivity contribution in [2.24, 2.45) is 0 Å². The third-order valence-electron chi connectivity index (χ3n) is 2.42. The van der Waals surface area contributed by atoms with Crippen LogP contribution in [0.3, 0.4) is 0 Å². The van der Waals surface area contributed by atoms with Crippen LogP contribution in [0.15, 0.2) is 12.3 Å². The van der Waals surface area contributed by atoms with Gasteiger partial charge in [-0.25, -0.2) is 0 Å². The van der Waals surface area contributed by atoms with E-state index < -0.39 is 0 Å². The van der Waals surface area contributed by atoms with Crippen LogP contribution in [0.2, 0.25) is 0 Å². The highest BCUT2D eigenvalue weighted by Crippen LogP contribution is 2.03. The molecule has 1 amide bonds. The van der Waals surface area contributed by atoms with Crippen molar-refractivity contribution < 1.29 is 4.79 Å². The molecule has 14 heavy (non-hydrogen) atoms.